The number of rotatable bonds is 6. The van der Waals surface area contributed by atoms with Gasteiger partial charge in [0.1, 0.15) is 5.76 Å². The zero-order valence-corrected chi connectivity index (χ0v) is 16.7. The van der Waals surface area contributed by atoms with Gasteiger partial charge in [-0.25, -0.2) is 9.00 Å². The second-order valence-electron chi connectivity index (χ2n) is 6.93. The van der Waals surface area contributed by atoms with Crippen molar-refractivity contribution in [2.45, 2.75) is 38.2 Å². The number of esters is 1. The van der Waals surface area contributed by atoms with Crippen LogP contribution in [0.2, 0.25) is 0 Å². The first-order valence-electron chi connectivity index (χ1n) is 9.12. The molecule has 2 aliphatic rings. The Bertz CT molecular complexity index is 771. The van der Waals surface area contributed by atoms with E-state index in [2.05, 4.69) is 16.5 Å². The number of aliphatic hydroxyl groups excluding tert-OH is 1. The lowest BCUT2D eigenvalue weighted by molar-refractivity contribution is -0.152. The number of ether oxygens (including phenoxy) is 1. The van der Waals surface area contributed by atoms with E-state index in [0.29, 0.717) is 24.1 Å². The number of hydrogen-bond acceptors (Lipinski definition) is 6. The van der Waals surface area contributed by atoms with Gasteiger partial charge in [-0.2, -0.15) is 0 Å². The van der Waals surface area contributed by atoms with Crippen LogP contribution in [0.1, 0.15) is 38.2 Å². The molecule has 0 saturated carbocycles. The van der Waals surface area contributed by atoms with Crippen molar-refractivity contribution in [2.24, 2.45) is 0 Å². The Morgan fingerprint density at radius 3 is 2.74 bits per heavy atom. The first-order valence-corrected chi connectivity index (χ1v) is 10.2. The maximum atomic E-state index is 12.6. The summed E-state index contributed by atoms with van der Waals surface area (Å²) < 4.78 is 24.6. The second-order valence-corrected chi connectivity index (χ2v) is 7.94. The summed E-state index contributed by atoms with van der Waals surface area (Å²) >= 11 is -1.64. The van der Waals surface area contributed by atoms with Gasteiger partial charge in [-0.05, 0) is 24.2 Å². The van der Waals surface area contributed by atoms with Gasteiger partial charge in [0, 0.05) is 37.5 Å². The summed E-state index contributed by atoms with van der Waals surface area (Å²) in [5.41, 5.74) is 0.844. The zero-order chi connectivity index (χ0) is 19.6. The van der Waals surface area contributed by atoms with E-state index >= 15 is 0 Å². The molecule has 2 N–H and O–H groups in total. The zero-order valence-electron chi connectivity index (χ0n) is 15.9. The molecule has 1 saturated heterocycles. The molecule has 2 unspecified atom stereocenters. The third-order valence-corrected chi connectivity index (χ3v) is 6.18. The smallest absolute Gasteiger partial charge is 0.339 e. The van der Waals surface area contributed by atoms with Gasteiger partial charge in [0.05, 0.1) is 12.7 Å². The topological polar surface area (TPSA) is 88.1 Å². The number of benzene rings is 1. The molecular formula is C19H26N2O5S. The van der Waals surface area contributed by atoms with Crippen LogP contribution >= 0.6 is 0 Å². The molecule has 148 valence electrons. The molecule has 27 heavy (non-hydrogen) atoms. The summed E-state index contributed by atoms with van der Waals surface area (Å²) in [4.78, 5) is 14.9. The third kappa shape index (κ3) is 3.88. The number of carbonyl (C=O) groups is 1. The molecule has 7 nitrogen and oxygen atoms in total. The van der Waals surface area contributed by atoms with Crippen molar-refractivity contribution in [3.63, 3.8) is 0 Å². The van der Waals surface area contributed by atoms with Gasteiger partial charge in [0.25, 0.3) is 11.3 Å². The van der Waals surface area contributed by atoms with Gasteiger partial charge in [0.2, 0.25) is 0 Å². The average Bonchev–Trinajstić information content (AvgIpc) is 2.91. The van der Waals surface area contributed by atoms with Gasteiger partial charge >= 0.3 is 5.97 Å². The molecule has 8 heteroatoms. The van der Waals surface area contributed by atoms with Crippen molar-refractivity contribution in [1.29, 1.82) is 0 Å². The monoisotopic (exact) mass is 394 g/mol. The molecule has 1 fully saturated rings. The highest BCUT2D eigenvalue weighted by atomic mass is 32.2. The average molecular weight is 394 g/mol. The van der Waals surface area contributed by atoms with Crippen LogP contribution in [0.25, 0.3) is 0 Å². The van der Waals surface area contributed by atoms with E-state index in [0.717, 1.165) is 25.2 Å². The molecule has 3 rings (SSSR count). The van der Waals surface area contributed by atoms with Crippen LogP contribution in [0.4, 0.5) is 5.69 Å². The molecule has 0 aromatic heterocycles. The van der Waals surface area contributed by atoms with Crippen molar-refractivity contribution < 1.29 is 23.0 Å². The molecule has 0 amide bonds. The first kappa shape index (κ1) is 19.9. The van der Waals surface area contributed by atoms with Crippen molar-refractivity contribution in [3.05, 3.63) is 41.2 Å². The molecule has 2 atom stereocenters. The molecule has 1 spiro atoms. The normalized spacial score (nSPS) is 22.0. The lowest BCUT2D eigenvalue weighted by atomic mass is 9.85. The second kappa shape index (κ2) is 8.00. The number of anilines is 1. The fourth-order valence-electron chi connectivity index (χ4n) is 3.75. The minimum absolute atomic E-state index is 0.0644. The minimum Gasteiger partial charge on any atom is -0.507 e. The number of hydrogen-bond donors (Lipinski definition) is 2. The van der Waals surface area contributed by atoms with E-state index in [1.807, 2.05) is 13.0 Å². The van der Waals surface area contributed by atoms with Crippen LogP contribution in [-0.4, -0.2) is 52.5 Å². The molecule has 1 aromatic rings. The lowest BCUT2D eigenvalue weighted by Crippen LogP contribution is -2.45. The van der Waals surface area contributed by atoms with E-state index in [9.17, 15) is 14.1 Å². The van der Waals surface area contributed by atoms with Crippen molar-refractivity contribution in [1.82, 2.24) is 4.90 Å². The Morgan fingerprint density at radius 1 is 1.41 bits per heavy atom. The lowest BCUT2D eigenvalue weighted by Gasteiger charge is -2.37. The van der Waals surface area contributed by atoms with Gasteiger partial charge in [-0.15, -0.1) is 0 Å². The number of aliphatic hydroxyl groups is 1. The summed E-state index contributed by atoms with van der Waals surface area (Å²) in [6, 6.07) is 7.22. The Hall–Kier alpha value is -1.90. The Kier molecular flexibility index (Phi) is 5.88. The fraction of sp³-hybridized carbons (Fsp3) is 0.526. The van der Waals surface area contributed by atoms with Gasteiger partial charge in [-0.1, -0.05) is 26.0 Å². The van der Waals surface area contributed by atoms with E-state index in [4.69, 9.17) is 8.92 Å². The van der Waals surface area contributed by atoms with Crippen LogP contribution in [0.3, 0.4) is 0 Å². The van der Waals surface area contributed by atoms with Gasteiger partial charge in [-0.3, -0.25) is 8.91 Å². The summed E-state index contributed by atoms with van der Waals surface area (Å²) in [6.45, 7) is 6.48. The van der Waals surface area contributed by atoms with Crippen LogP contribution in [0.15, 0.2) is 35.6 Å². The largest absolute Gasteiger partial charge is 0.507 e. The van der Waals surface area contributed by atoms with Crippen LogP contribution < -0.4 is 4.72 Å². The quantitative estimate of drug-likeness (QED) is 0.721. The predicted molar refractivity (Wildman–Crippen MR) is 103 cm³/mol. The summed E-state index contributed by atoms with van der Waals surface area (Å²) in [5, 5.41) is 10.9. The number of nitrogens with zero attached hydrogens (tertiary/aromatic N) is 1. The van der Waals surface area contributed by atoms with E-state index in [-0.39, 0.29) is 11.7 Å². The maximum Gasteiger partial charge on any atom is 0.339 e. The summed E-state index contributed by atoms with van der Waals surface area (Å²) in [5.74, 6) is -0.739. The number of likely N-dealkylation sites (tertiary alicyclic amines) is 1. The molecule has 2 heterocycles. The van der Waals surface area contributed by atoms with Crippen molar-refractivity contribution in [3.8, 4) is 0 Å². The highest BCUT2D eigenvalue weighted by Crippen LogP contribution is 2.44. The van der Waals surface area contributed by atoms with Crippen molar-refractivity contribution in [2.75, 3.05) is 31.5 Å². The van der Waals surface area contributed by atoms with E-state index in [1.54, 1.807) is 18.2 Å². The Labute approximate surface area is 162 Å². The molecule has 0 aliphatic carbocycles. The standard InChI is InChI=1S/C19H26N2O5S/c1-4-21-10-8-19(9-11-21)17(22)16(18(23)26-19)13(2)14-6-5-7-15(12-14)20-27(24)25-3/h5-7,12-13,20,22H,4,8-11H2,1-3H3. The predicted octanol–water partition coefficient (Wildman–Crippen LogP) is 2.65. The number of piperidine rings is 1. The highest BCUT2D eigenvalue weighted by Gasteiger charge is 2.50. The molecule has 2 aliphatic heterocycles. The van der Waals surface area contributed by atoms with E-state index < -0.39 is 22.8 Å². The number of carbonyl (C=O) groups excluding carboxylic acids is 1. The SMILES string of the molecule is CCN1CCC2(CC1)OC(=O)C(C(C)c1cccc(NS(=O)OC)c1)=C2O. The number of nitrogens with one attached hydrogen (secondary N) is 1. The van der Waals surface area contributed by atoms with Crippen LogP contribution in [0.5, 0.6) is 0 Å². The third-order valence-electron chi connectivity index (χ3n) is 5.48. The van der Waals surface area contributed by atoms with Gasteiger partial charge < -0.3 is 14.7 Å². The molecule has 1 aromatic carbocycles. The Morgan fingerprint density at radius 2 is 2.11 bits per heavy atom. The molecule has 0 radical (unpaired) electrons. The van der Waals surface area contributed by atoms with Crippen LogP contribution in [-0.2, 0) is 25.0 Å². The van der Waals surface area contributed by atoms with Crippen molar-refractivity contribution >= 4 is 22.9 Å². The first-order chi connectivity index (χ1) is 12.9. The van der Waals surface area contributed by atoms with E-state index in [1.165, 1.54) is 7.11 Å². The minimum atomic E-state index is -1.64. The summed E-state index contributed by atoms with van der Waals surface area (Å²) in [7, 11) is 1.34. The maximum absolute atomic E-state index is 12.6. The molecular weight excluding hydrogens is 368 g/mol. The fourth-order valence-corrected chi connectivity index (χ4v) is 4.15. The summed E-state index contributed by atoms with van der Waals surface area (Å²) in [6.07, 6.45) is 1.20. The Balaban J connectivity index is 1.85. The molecule has 0 bridgehead atoms. The highest BCUT2D eigenvalue weighted by molar-refractivity contribution is 7.81. The van der Waals surface area contributed by atoms with Crippen LogP contribution in [0, 0.1) is 0 Å². The van der Waals surface area contributed by atoms with Gasteiger partial charge in [0.15, 0.2) is 5.60 Å².